The van der Waals surface area contributed by atoms with Crippen LogP contribution in [-0.2, 0) is 0 Å². The van der Waals surface area contributed by atoms with Crippen molar-refractivity contribution in [3.8, 4) is 0 Å². The summed E-state index contributed by atoms with van der Waals surface area (Å²) < 4.78 is 0. The summed E-state index contributed by atoms with van der Waals surface area (Å²) >= 11 is 7.51. The lowest BCUT2D eigenvalue weighted by molar-refractivity contribution is 0.0535. The number of carbonyl (C=O) groups is 2. The first kappa shape index (κ1) is 17.8. The normalized spacial score (nSPS) is 14.5. The lowest BCUT2D eigenvalue weighted by atomic mass is 10.1. The number of halogens is 1. The van der Waals surface area contributed by atoms with E-state index in [1.165, 1.54) is 0 Å². The van der Waals surface area contributed by atoms with Crippen LogP contribution in [0.2, 0.25) is 5.02 Å². The average molecular weight is 375 g/mol. The van der Waals surface area contributed by atoms with Gasteiger partial charge in [-0.05, 0) is 54.8 Å². The Morgan fingerprint density at radius 1 is 0.800 bits per heavy atom. The molecular formula is C19H19ClN2O2S. The Morgan fingerprint density at radius 2 is 1.20 bits per heavy atom. The van der Waals surface area contributed by atoms with E-state index in [9.17, 15) is 9.59 Å². The molecule has 0 aromatic heterocycles. The van der Waals surface area contributed by atoms with Crippen LogP contribution < -0.4 is 0 Å². The van der Waals surface area contributed by atoms with Gasteiger partial charge in [-0.15, -0.1) is 11.8 Å². The molecule has 6 heteroatoms. The topological polar surface area (TPSA) is 40.6 Å². The summed E-state index contributed by atoms with van der Waals surface area (Å²) in [5.41, 5.74) is 1.31. The lowest BCUT2D eigenvalue weighted by Gasteiger charge is -2.35. The van der Waals surface area contributed by atoms with Crippen LogP contribution in [0.3, 0.4) is 0 Å². The molecule has 1 aliphatic rings. The largest absolute Gasteiger partial charge is 0.335 e. The van der Waals surface area contributed by atoms with Crippen molar-refractivity contribution in [2.24, 2.45) is 0 Å². The molecule has 0 bridgehead atoms. The summed E-state index contributed by atoms with van der Waals surface area (Å²) in [7, 11) is 0. The zero-order chi connectivity index (χ0) is 17.8. The molecule has 1 saturated heterocycles. The van der Waals surface area contributed by atoms with Gasteiger partial charge < -0.3 is 9.80 Å². The smallest absolute Gasteiger partial charge is 0.253 e. The summed E-state index contributed by atoms with van der Waals surface area (Å²) in [6.45, 7) is 2.16. The van der Waals surface area contributed by atoms with Crippen molar-refractivity contribution >= 4 is 35.2 Å². The van der Waals surface area contributed by atoms with Gasteiger partial charge >= 0.3 is 0 Å². The Kier molecular flexibility index (Phi) is 5.66. The number of rotatable bonds is 3. The molecule has 2 aromatic rings. The highest BCUT2D eigenvalue weighted by atomic mass is 35.5. The molecule has 0 atom stereocenters. The summed E-state index contributed by atoms with van der Waals surface area (Å²) in [6, 6.07) is 14.5. The zero-order valence-corrected chi connectivity index (χ0v) is 15.5. The lowest BCUT2D eigenvalue weighted by Crippen LogP contribution is -2.50. The van der Waals surface area contributed by atoms with Crippen molar-refractivity contribution in [2.75, 3.05) is 32.4 Å². The second-order valence-corrected chi connectivity index (χ2v) is 7.14. The second-order valence-electron chi connectivity index (χ2n) is 5.82. The van der Waals surface area contributed by atoms with E-state index in [1.54, 1.807) is 45.8 Å². The third kappa shape index (κ3) is 4.17. The van der Waals surface area contributed by atoms with Gasteiger partial charge in [0.2, 0.25) is 0 Å². The molecule has 130 valence electrons. The monoisotopic (exact) mass is 374 g/mol. The van der Waals surface area contributed by atoms with Gasteiger partial charge in [-0.2, -0.15) is 0 Å². The first-order chi connectivity index (χ1) is 12.1. The van der Waals surface area contributed by atoms with Crippen LogP contribution in [0.1, 0.15) is 20.7 Å². The highest BCUT2D eigenvalue weighted by Crippen LogP contribution is 2.17. The highest BCUT2D eigenvalue weighted by Gasteiger charge is 2.25. The number of thioether (sulfide) groups is 1. The Balaban J connectivity index is 1.60. The van der Waals surface area contributed by atoms with E-state index < -0.39 is 0 Å². The van der Waals surface area contributed by atoms with Crippen molar-refractivity contribution in [2.45, 2.75) is 4.90 Å². The number of benzene rings is 2. The fourth-order valence-corrected chi connectivity index (χ4v) is 3.34. The van der Waals surface area contributed by atoms with Gasteiger partial charge in [0.15, 0.2) is 0 Å². The minimum absolute atomic E-state index is 0.0197. The number of hydrogen-bond donors (Lipinski definition) is 0. The zero-order valence-electron chi connectivity index (χ0n) is 13.9. The predicted molar refractivity (Wildman–Crippen MR) is 101 cm³/mol. The fraction of sp³-hybridized carbons (Fsp3) is 0.263. The molecule has 4 nitrogen and oxygen atoms in total. The fourth-order valence-electron chi connectivity index (χ4n) is 2.80. The minimum Gasteiger partial charge on any atom is -0.335 e. The molecule has 2 amide bonds. The molecule has 0 spiro atoms. The van der Waals surface area contributed by atoms with Gasteiger partial charge in [-0.3, -0.25) is 9.59 Å². The van der Waals surface area contributed by atoms with Gasteiger partial charge in [0.1, 0.15) is 0 Å². The van der Waals surface area contributed by atoms with E-state index in [1.807, 2.05) is 30.5 Å². The van der Waals surface area contributed by atoms with Gasteiger partial charge in [0, 0.05) is 47.2 Å². The van der Waals surface area contributed by atoms with E-state index >= 15 is 0 Å². The summed E-state index contributed by atoms with van der Waals surface area (Å²) in [5, 5.41) is 0.611. The Bertz CT molecular complexity index is 754. The van der Waals surface area contributed by atoms with Crippen LogP contribution >= 0.6 is 23.4 Å². The molecule has 1 heterocycles. The Morgan fingerprint density at radius 3 is 1.60 bits per heavy atom. The van der Waals surface area contributed by atoms with Crippen molar-refractivity contribution in [1.29, 1.82) is 0 Å². The van der Waals surface area contributed by atoms with Crippen LogP contribution in [-0.4, -0.2) is 54.0 Å². The number of hydrogen-bond acceptors (Lipinski definition) is 3. The maximum atomic E-state index is 12.6. The molecule has 1 aliphatic heterocycles. The Labute approximate surface area is 156 Å². The molecule has 2 aromatic carbocycles. The van der Waals surface area contributed by atoms with Crippen LogP contribution in [0, 0.1) is 0 Å². The number of carbonyl (C=O) groups excluding carboxylic acids is 2. The van der Waals surface area contributed by atoms with Crippen molar-refractivity contribution in [3.05, 3.63) is 64.7 Å². The van der Waals surface area contributed by atoms with Gasteiger partial charge in [-0.1, -0.05) is 11.6 Å². The number of piperazine rings is 1. The van der Waals surface area contributed by atoms with E-state index in [0.717, 1.165) is 4.90 Å². The van der Waals surface area contributed by atoms with Crippen molar-refractivity contribution in [3.63, 3.8) is 0 Å². The average Bonchev–Trinajstić information content (AvgIpc) is 2.67. The molecule has 0 unspecified atom stereocenters. The second kappa shape index (κ2) is 7.93. The van der Waals surface area contributed by atoms with E-state index in [-0.39, 0.29) is 11.8 Å². The molecular weight excluding hydrogens is 356 g/mol. The maximum absolute atomic E-state index is 12.6. The first-order valence-corrected chi connectivity index (χ1v) is 9.67. The van der Waals surface area contributed by atoms with Crippen LogP contribution in [0.15, 0.2) is 53.4 Å². The molecule has 0 radical (unpaired) electrons. The van der Waals surface area contributed by atoms with Crippen LogP contribution in [0.4, 0.5) is 0 Å². The standard InChI is InChI=1S/C19H19ClN2O2S/c1-25-17-8-4-15(5-9-17)19(24)22-12-10-21(11-13-22)18(23)14-2-6-16(20)7-3-14/h2-9H,10-13H2,1H3. The minimum atomic E-state index is -0.0203. The van der Waals surface area contributed by atoms with Gasteiger partial charge in [0.05, 0.1) is 0 Å². The maximum Gasteiger partial charge on any atom is 0.253 e. The predicted octanol–water partition coefficient (Wildman–Crippen LogP) is 3.66. The summed E-state index contributed by atoms with van der Waals surface area (Å²) in [4.78, 5) is 29.8. The van der Waals surface area contributed by atoms with Crippen LogP contribution in [0.5, 0.6) is 0 Å². The van der Waals surface area contributed by atoms with E-state index in [2.05, 4.69) is 0 Å². The van der Waals surface area contributed by atoms with Crippen molar-refractivity contribution in [1.82, 2.24) is 9.80 Å². The Hall–Kier alpha value is -1.98. The third-order valence-electron chi connectivity index (χ3n) is 4.28. The quantitative estimate of drug-likeness (QED) is 0.770. The van der Waals surface area contributed by atoms with Crippen molar-refractivity contribution < 1.29 is 9.59 Å². The first-order valence-electron chi connectivity index (χ1n) is 8.06. The SMILES string of the molecule is CSc1ccc(C(=O)N2CCN(C(=O)c3ccc(Cl)cc3)CC2)cc1. The van der Waals surface area contributed by atoms with E-state index in [0.29, 0.717) is 42.3 Å². The highest BCUT2D eigenvalue weighted by molar-refractivity contribution is 7.98. The third-order valence-corrected chi connectivity index (χ3v) is 5.28. The number of amides is 2. The number of nitrogens with zero attached hydrogens (tertiary/aromatic N) is 2. The molecule has 1 fully saturated rings. The molecule has 0 N–H and O–H groups in total. The molecule has 0 aliphatic carbocycles. The molecule has 3 rings (SSSR count). The van der Waals surface area contributed by atoms with E-state index in [4.69, 9.17) is 11.6 Å². The molecule has 25 heavy (non-hydrogen) atoms. The summed E-state index contributed by atoms with van der Waals surface area (Å²) in [6.07, 6.45) is 2.01. The molecule has 0 saturated carbocycles. The van der Waals surface area contributed by atoms with Crippen LogP contribution in [0.25, 0.3) is 0 Å². The van der Waals surface area contributed by atoms with Gasteiger partial charge in [0.25, 0.3) is 11.8 Å². The van der Waals surface area contributed by atoms with Gasteiger partial charge in [-0.25, -0.2) is 0 Å². The summed E-state index contributed by atoms with van der Waals surface area (Å²) in [5.74, 6) is -0.000617.